The fourth-order valence-corrected chi connectivity index (χ4v) is 11.9. The summed E-state index contributed by atoms with van der Waals surface area (Å²) in [4.78, 5) is 21.5. The monoisotopic (exact) mass is 794 g/mol. The lowest BCUT2D eigenvalue weighted by Crippen LogP contribution is -2.59. The number of hydrogen-bond donors (Lipinski definition) is 1. The molecular weight excluding hydrogens is 732 g/mol. The molecule has 1 N–H and O–H groups in total. The molecule has 5 aliphatic rings. The van der Waals surface area contributed by atoms with Crippen molar-refractivity contribution in [2.45, 2.75) is 88.0 Å². The van der Waals surface area contributed by atoms with E-state index in [0.717, 1.165) is 107 Å². The van der Waals surface area contributed by atoms with E-state index < -0.39 is 15.3 Å². The number of allylic oxidation sites excluding steroid dienone is 1. The normalized spacial score (nSPS) is 34.4. The summed E-state index contributed by atoms with van der Waals surface area (Å²) in [5.74, 6) is 5.19. The van der Waals surface area contributed by atoms with Crippen LogP contribution in [-0.4, -0.2) is 116 Å². The molecule has 55 heavy (non-hydrogen) atoms. The van der Waals surface area contributed by atoms with Gasteiger partial charge in [0.15, 0.2) is 0 Å². The van der Waals surface area contributed by atoms with Crippen molar-refractivity contribution < 1.29 is 23.2 Å². The first-order valence-corrected chi connectivity index (χ1v) is 22.7. The number of methoxy groups -OCH3 is 2. The van der Waals surface area contributed by atoms with Gasteiger partial charge in [-0.2, -0.15) is 0 Å². The minimum Gasteiger partial charge on any atom is -0.490 e. The fraction of sp³-hybridized carbons (Fsp3) is 0.636. The molecule has 2 bridgehead atoms. The van der Waals surface area contributed by atoms with Crippen LogP contribution in [0, 0.1) is 17.8 Å². The van der Waals surface area contributed by atoms with Gasteiger partial charge in [-0.1, -0.05) is 43.7 Å². The van der Waals surface area contributed by atoms with E-state index in [4.69, 9.17) is 25.8 Å². The average molecular weight is 796 g/mol. The van der Waals surface area contributed by atoms with Crippen LogP contribution in [0.3, 0.4) is 0 Å². The molecular formula is C44H63ClN4O5S. The number of halogens is 1. The lowest BCUT2D eigenvalue weighted by Gasteiger charge is -2.52. The van der Waals surface area contributed by atoms with Crippen molar-refractivity contribution in [2.24, 2.45) is 17.8 Å². The standard InChI is InChI=1S/C44H63ClN4O5S/c1-7-37(27-52-4)48-22-20-47(21-23-48)29-44(53-5)19-8-10-31(2)32(3)55(6,51)46-42(50)34-13-17-41-40(25-34)49(26-35-12-15-39(35)44)28-43(30-54-41)18-9-11-33-24-36(45)14-16-38(33)43/h8,13-14,16-17,19,24-25,31-32,35,37,39H,6-7,9-12,15,18,20-23,26-30H2,1-5H3,(H,46,50,51)/b19-8+/t31-,32+,35-,37?,39+,43-,44-,55?/m0/s1. The van der Waals surface area contributed by atoms with Gasteiger partial charge in [-0.15, -0.1) is 0 Å². The molecule has 1 amide bonds. The number of carbonyl (C=O) groups is 1. The van der Waals surface area contributed by atoms with Gasteiger partial charge < -0.3 is 19.1 Å². The second kappa shape index (κ2) is 16.7. The molecule has 3 aliphatic heterocycles. The Morgan fingerprint density at radius 2 is 1.91 bits per heavy atom. The van der Waals surface area contributed by atoms with E-state index in [1.165, 1.54) is 11.1 Å². The third kappa shape index (κ3) is 8.24. The third-order valence-corrected chi connectivity index (χ3v) is 16.4. The molecule has 8 atom stereocenters. The van der Waals surface area contributed by atoms with E-state index in [-0.39, 0.29) is 22.5 Å². The van der Waals surface area contributed by atoms with Gasteiger partial charge in [-0.3, -0.25) is 19.3 Å². The second-order valence-corrected chi connectivity index (χ2v) is 20.0. The molecule has 302 valence electrons. The summed E-state index contributed by atoms with van der Waals surface area (Å²) in [6.07, 6.45) is 11.6. The zero-order valence-corrected chi connectivity index (χ0v) is 35.3. The van der Waals surface area contributed by atoms with Crippen molar-refractivity contribution in [3.05, 3.63) is 70.3 Å². The number of nitrogens with zero attached hydrogens (tertiary/aromatic N) is 3. The maximum Gasteiger partial charge on any atom is 0.262 e. The van der Waals surface area contributed by atoms with Gasteiger partial charge in [-0.05, 0) is 117 Å². The number of rotatable bonds is 7. The molecule has 1 saturated carbocycles. The molecule has 0 radical (unpaired) electrons. The Balaban J connectivity index is 1.26. The number of nitrogens with one attached hydrogen (secondary N) is 1. The van der Waals surface area contributed by atoms with Crippen molar-refractivity contribution in [3.63, 3.8) is 0 Å². The van der Waals surface area contributed by atoms with Crippen molar-refractivity contribution >= 4 is 38.8 Å². The van der Waals surface area contributed by atoms with Crippen LogP contribution >= 0.6 is 11.6 Å². The largest absolute Gasteiger partial charge is 0.490 e. The lowest BCUT2D eigenvalue weighted by molar-refractivity contribution is -0.0970. The molecule has 11 heteroatoms. The van der Waals surface area contributed by atoms with Gasteiger partial charge in [0.2, 0.25) is 0 Å². The molecule has 2 unspecified atom stereocenters. The summed E-state index contributed by atoms with van der Waals surface area (Å²) >= 11 is 6.53. The number of fused-ring (bicyclic) bond motifs is 4. The summed E-state index contributed by atoms with van der Waals surface area (Å²) in [5.41, 5.74) is 3.28. The van der Waals surface area contributed by atoms with Gasteiger partial charge in [0.05, 0.1) is 28.6 Å². The highest BCUT2D eigenvalue weighted by atomic mass is 35.5. The molecule has 2 aromatic carbocycles. The maximum absolute atomic E-state index is 14.1. The minimum atomic E-state index is -2.96. The van der Waals surface area contributed by atoms with Crippen LogP contribution < -0.4 is 14.4 Å². The van der Waals surface area contributed by atoms with E-state index in [1.807, 2.05) is 32.2 Å². The molecule has 2 aromatic rings. The number of anilines is 1. The Kier molecular flexibility index (Phi) is 12.3. The predicted molar refractivity (Wildman–Crippen MR) is 225 cm³/mol. The van der Waals surface area contributed by atoms with Crippen LogP contribution in [0.4, 0.5) is 5.69 Å². The summed E-state index contributed by atoms with van der Waals surface area (Å²) in [5, 5.41) is 0.428. The average Bonchev–Trinajstić information content (AvgIpc) is 3.31. The van der Waals surface area contributed by atoms with Gasteiger partial charge in [-0.25, -0.2) is 4.21 Å². The molecule has 2 fully saturated rings. The van der Waals surface area contributed by atoms with Crippen molar-refractivity contribution in [1.29, 1.82) is 0 Å². The second-order valence-electron chi connectivity index (χ2n) is 17.2. The summed E-state index contributed by atoms with van der Waals surface area (Å²) in [6, 6.07) is 12.5. The minimum absolute atomic E-state index is 0.0249. The Morgan fingerprint density at radius 1 is 1.11 bits per heavy atom. The predicted octanol–water partition coefficient (Wildman–Crippen LogP) is 6.61. The SMILES string of the molecule is C=S1(=O)NC(=O)c2ccc3c(c2)N(C[C@@H]2CC[C@H]2[C@](CN2CCN(C(CC)COC)CC2)(OC)/C=C/C[C@H](C)[C@H]1C)C[C@@]1(CCCc2cc(Cl)ccc21)CO3. The Bertz CT molecular complexity index is 1830. The Morgan fingerprint density at radius 3 is 2.62 bits per heavy atom. The zero-order chi connectivity index (χ0) is 39.0. The van der Waals surface area contributed by atoms with Crippen LogP contribution in [-0.2, 0) is 31.0 Å². The van der Waals surface area contributed by atoms with E-state index >= 15 is 0 Å². The number of benzene rings is 2. The van der Waals surface area contributed by atoms with Crippen LogP contribution in [0.2, 0.25) is 5.02 Å². The highest BCUT2D eigenvalue weighted by molar-refractivity contribution is 7.99. The number of piperazine rings is 1. The van der Waals surface area contributed by atoms with Gasteiger partial charge >= 0.3 is 0 Å². The van der Waals surface area contributed by atoms with Crippen molar-refractivity contribution in [2.75, 3.05) is 78.1 Å². The number of hydrogen-bond acceptors (Lipinski definition) is 8. The molecule has 0 aromatic heterocycles. The molecule has 1 saturated heterocycles. The quantitative estimate of drug-likeness (QED) is 0.248. The number of aryl methyl sites for hydroxylation is 1. The van der Waals surface area contributed by atoms with Gasteiger partial charge in [0.1, 0.15) is 11.4 Å². The highest BCUT2D eigenvalue weighted by Crippen LogP contribution is 2.49. The first-order valence-electron chi connectivity index (χ1n) is 20.6. The Hall–Kier alpha value is -2.60. The van der Waals surface area contributed by atoms with Crippen LogP contribution in [0.25, 0.3) is 0 Å². The maximum atomic E-state index is 14.1. The summed E-state index contributed by atoms with van der Waals surface area (Å²) < 4.78 is 36.0. The fourth-order valence-electron chi connectivity index (χ4n) is 10.2. The number of amides is 1. The first-order chi connectivity index (χ1) is 26.4. The lowest BCUT2D eigenvalue weighted by atomic mass is 9.63. The van der Waals surface area contributed by atoms with E-state index in [1.54, 1.807) is 13.2 Å². The van der Waals surface area contributed by atoms with Gasteiger partial charge in [0.25, 0.3) is 5.91 Å². The topological polar surface area (TPSA) is 83.6 Å². The summed E-state index contributed by atoms with van der Waals surface area (Å²) in [6.45, 7) is 14.0. The van der Waals surface area contributed by atoms with E-state index in [0.29, 0.717) is 36.5 Å². The van der Waals surface area contributed by atoms with Crippen molar-refractivity contribution in [1.82, 2.24) is 14.5 Å². The molecule has 9 nitrogen and oxygen atoms in total. The smallest absolute Gasteiger partial charge is 0.262 e. The molecule has 7 rings (SSSR count). The number of carbonyl (C=O) groups excluding carboxylic acids is 1. The molecule has 1 spiro atoms. The third-order valence-electron chi connectivity index (χ3n) is 14.0. The number of ether oxygens (including phenoxy) is 3. The Labute approximate surface area is 335 Å². The summed E-state index contributed by atoms with van der Waals surface area (Å²) in [7, 11) is 0.728. The van der Waals surface area contributed by atoms with Crippen LogP contribution in [0.1, 0.15) is 80.8 Å². The van der Waals surface area contributed by atoms with E-state index in [9.17, 15) is 9.00 Å². The highest BCUT2D eigenvalue weighted by Gasteiger charge is 2.50. The molecule has 2 aliphatic carbocycles. The van der Waals surface area contributed by atoms with Gasteiger partial charge in [0, 0.05) is 87.3 Å². The first kappa shape index (κ1) is 40.6. The molecule has 3 heterocycles. The zero-order valence-electron chi connectivity index (χ0n) is 33.7. The van der Waals surface area contributed by atoms with Crippen LogP contribution in [0.5, 0.6) is 5.75 Å². The van der Waals surface area contributed by atoms with Crippen LogP contribution in [0.15, 0.2) is 48.6 Å². The van der Waals surface area contributed by atoms with Crippen molar-refractivity contribution in [3.8, 4) is 5.75 Å². The van der Waals surface area contributed by atoms with E-state index in [2.05, 4.69) is 63.4 Å².